The van der Waals surface area contributed by atoms with Gasteiger partial charge in [-0.3, -0.25) is 14.9 Å². The summed E-state index contributed by atoms with van der Waals surface area (Å²) >= 11 is 0. The van der Waals surface area contributed by atoms with Crippen molar-refractivity contribution in [3.8, 4) is 34.1 Å². The molecule has 0 spiro atoms. The third kappa shape index (κ3) is 3.67. The number of rotatable bonds is 5. The molecule has 8 heteroatoms. The summed E-state index contributed by atoms with van der Waals surface area (Å²) in [5, 5.41) is 21.8. The van der Waals surface area contributed by atoms with Crippen LogP contribution in [0, 0.1) is 10.1 Å². The number of phenols is 1. The van der Waals surface area contributed by atoms with Crippen molar-refractivity contribution in [2.24, 2.45) is 7.05 Å². The van der Waals surface area contributed by atoms with E-state index in [0.717, 1.165) is 0 Å². The van der Waals surface area contributed by atoms with Crippen molar-refractivity contribution < 1.29 is 14.8 Å². The fraction of sp³-hybridized carbons (Fsp3) is 0.0385. The molecule has 2 aromatic heterocycles. The number of nitro benzene ring substituents is 1. The van der Waals surface area contributed by atoms with Crippen LogP contribution in [-0.2, 0) is 7.05 Å². The highest BCUT2D eigenvalue weighted by molar-refractivity contribution is 5.97. The Balaban J connectivity index is 1.76. The van der Waals surface area contributed by atoms with E-state index in [-0.39, 0.29) is 17.0 Å². The summed E-state index contributed by atoms with van der Waals surface area (Å²) in [6, 6.07) is 21.8. The second-order valence-corrected chi connectivity index (χ2v) is 7.78. The molecule has 0 unspecified atom stereocenters. The summed E-state index contributed by atoms with van der Waals surface area (Å²) in [4.78, 5) is 24.2. The zero-order chi connectivity index (χ0) is 23.8. The molecule has 34 heavy (non-hydrogen) atoms. The first-order valence-electron chi connectivity index (χ1n) is 10.4. The van der Waals surface area contributed by atoms with Crippen LogP contribution >= 0.6 is 0 Å². The molecule has 0 aliphatic carbocycles. The van der Waals surface area contributed by atoms with Crippen LogP contribution in [0.4, 0.5) is 5.69 Å². The second-order valence-electron chi connectivity index (χ2n) is 7.78. The molecule has 0 radical (unpaired) electrons. The van der Waals surface area contributed by atoms with Crippen molar-refractivity contribution in [2.75, 3.05) is 0 Å². The Morgan fingerprint density at radius 1 is 0.941 bits per heavy atom. The average molecular weight is 453 g/mol. The summed E-state index contributed by atoms with van der Waals surface area (Å²) < 4.78 is 9.25. The van der Waals surface area contributed by atoms with Crippen LogP contribution in [0.25, 0.3) is 27.7 Å². The van der Waals surface area contributed by atoms with Crippen molar-refractivity contribution in [3.05, 3.63) is 112 Å². The molecular formula is C26H19N3O5. The molecule has 168 valence electrons. The molecule has 0 atom stereocenters. The molecule has 2 heterocycles. The standard InChI is InChI=1S/C26H19N3O5/c1-27-16-23(21-13-14-28(25(21)26(27)31)17-7-10-19(30)11-8-17)22-15-18(29(32)33)9-12-24(22)34-20-5-3-2-4-6-20/h2-16,30H,1H3. The van der Waals surface area contributed by atoms with Gasteiger partial charge in [0.15, 0.2) is 0 Å². The van der Waals surface area contributed by atoms with Crippen LogP contribution in [0.15, 0.2) is 96.1 Å². The molecule has 0 fully saturated rings. The number of fused-ring (bicyclic) bond motifs is 1. The Kier molecular flexibility index (Phi) is 5.10. The monoisotopic (exact) mass is 453 g/mol. The van der Waals surface area contributed by atoms with E-state index >= 15 is 0 Å². The zero-order valence-corrected chi connectivity index (χ0v) is 18.1. The van der Waals surface area contributed by atoms with E-state index in [9.17, 15) is 20.0 Å². The summed E-state index contributed by atoms with van der Waals surface area (Å²) in [5.41, 5.74) is 1.89. The Morgan fingerprint density at radius 3 is 2.38 bits per heavy atom. The minimum atomic E-state index is -0.462. The lowest BCUT2D eigenvalue weighted by Gasteiger charge is -2.14. The van der Waals surface area contributed by atoms with Gasteiger partial charge < -0.3 is 19.0 Å². The Morgan fingerprint density at radius 2 is 1.68 bits per heavy atom. The van der Waals surface area contributed by atoms with Gasteiger partial charge in [-0.2, -0.15) is 0 Å². The fourth-order valence-corrected chi connectivity index (χ4v) is 3.95. The maximum atomic E-state index is 13.1. The minimum Gasteiger partial charge on any atom is -0.508 e. The molecule has 0 aliphatic rings. The number of aryl methyl sites for hydroxylation is 1. The van der Waals surface area contributed by atoms with Gasteiger partial charge in [0.05, 0.1) is 4.92 Å². The molecule has 0 saturated heterocycles. The lowest BCUT2D eigenvalue weighted by molar-refractivity contribution is -0.384. The lowest BCUT2D eigenvalue weighted by atomic mass is 10.0. The first-order chi connectivity index (χ1) is 16.4. The Labute approximate surface area is 193 Å². The molecule has 0 aliphatic heterocycles. The van der Waals surface area contributed by atoms with Gasteiger partial charge in [0, 0.05) is 53.8 Å². The molecule has 0 bridgehead atoms. The van der Waals surface area contributed by atoms with E-state index in [1.165, 1.54) is 16.7 Å². The van der Waals surface area contributed by atoms with E-state index < -0.39 is 4.92 Å². The lowest BCUT2D eigenvalue weighted by Crippen LogP contribution is -2.18. The fourth-order valence-electron chi connectivity index (χ4n) is 3.95. The third-order valence-electron chi connectivity index (χ3n) is 5.59. The molecule has 5 rings (SSSR count). The average Bonchev–Trinajstić information content (AvgIpc) is 3.28. The second kappa shape index (κ2) is 8.25. The largest absolute Gasteiger partial charge is 0.508 e. The number of non-ortho nitro benzene ring substituents is 1. The quantitative estimate of drug-likeness (QED) is 0.284. The number of aromatic nitrogens is 2. The number of nitro groups is 1. The van der Waals surface area contributed by atoms with Gasteiger partial charge in [0.1, 0.15) is 22.8 Å². The number of aromatic hydroxyl groups is 1. The van der Waals surface area contributed by atoms with Crippen LogP contribution in [0.2, 0.25) is 0 Å². The summed E-state index contributed by atoms with van der Waals surface area (Å²) in [7, 11) is 1.63. The van der Waals surface area contributed by atoms with Crippen LogP contribution in [0.3, 0.4) is 0 Å². The van der Waals surface area contributed by atoms with Gasteiger partial charge in [-0.25, -0.2) is 0 Å². The molecule has 0 saturated carbocycles. The van der Waals surface area contributed by atoms with Gasteiger partial charge in [0.25, 0.3) is 11.2 Å². The molecule has 5 aromatic rings. The highest BCUT2D eigenvalue weighted by Gasteiger charge is 2.20. The third-order valence-corrected chi connectivity index (χ3v) is 5.59. The molecule has 3 aromatic carbocycles. The predicted molar refractivity (Wildman–Crippen MR) is 129 cm³/mol. The van der Waals surface area contributed by atoms with E-state index in [0.29, 0.717) is 39.2 Å². The van der Waals surface area contributed by atoms with Crippen LogP contribution in [-0.4, -0.2) is 19.2 Å². The van der Waals surface area contributed by atoms with Gasteiger partial charge in [-0.05, 0) is 48.5 Å². The number of hydrogen-bond donors (Lipinski definition) is 1. The van der Waals surface area contributed by atoms with E-state index in [4.69, 9.17) is 4.74 Å². The summed E-state index contributed by atoms with van der Waals surface area (Å²) in [5.74, 6) is 1.13. The maximum absolute atomic E-state index is 13.1. The van der Waals surface area contributed by atoms with Crippen molar-refractivity contribution >= 4 is 16.6 Å². The van der Waals surface area contributed by atoms with Crippen molar-refractivity contribution in [2.45, 2.75) is 0 Å². The highest BCUT2D eigenvalue weighted by atomic mass is 16.6. The number of ether oxygens (including phenoxy) is 1. The van der Waals surface area contributed by atoms with E-state index in [1.54, 1.807) is 72.5 Å². The van der Waals surface area contributed by atoms with Gasteiger partial charge >= 0.3 is 0 Å². The first-order valence-corrected chi connectivity index (χ1v) is 10.4. The summed E-state index contributed by atoms with van der Waals surface area (Å²) in [6.07, 6.45) is 3.42. The Bertz CT molecular complexity index is 1590. The minimum absolute atomic E-state index is 0.0876. The number of benzene rings is 3. The van der Waals surface area contributed by atoms with Crippen molar-refractivity contribution in [3.63, 3.8) is 0 Å². The summed E-state index contributed by atoms with van der Waals surface area (Å²) in [6.45, 7) is 0. The normalized spacial score (nSPS) is 11.0. The molecular weight excluding hydrogens is 434 g/mol. The molecule has 8 nitrogen and oxygen atoms in total. The number of para-hydroxylation sites is 1. The van der Waals surface area contributed by atoms with E-state index in [1.807, 2.05) is 18.2 Å². The number of phenolic OH excluding ortho intramolecular Hbond substituents is 1. The van der Waals surface area contributed by atoms with Gasteiger partial charge in [0.2, 0.25) is 0 Å². The number of nitrogens with zero attached hydrogens (tertiary/aromatic N) is 3. The van der Waals surface area contributed by atoms with Gasteiger partial charge in [-0.1, -0.05) is 18.2 Å². The van der Waals surface area contributed by atoms with Crippen LogP contribution in [0.1, 0.15) is 0 Å². The number of hydrogen-bond acceptors (Lipinski definition) is 5. The van der Waals surface area contributed by atoms with Crippen molar-refractivity contribution in [1.82, 2.24) is 9.13 Å². The van der Waals surface area contributed by atoms with Crippen LogP contribution < -0.4 is 10.3 Å². The topological polar surface area (TPSA) is 99.5 Å². The number of pyridine rings is 1. The van der Waals surface area contributed by atoms with Crippen molar-refractivity contribution in [1.29, 1.82) is 0 Å². The smallest absolute Gasteiger partial charge is 0.275 e. The highest BCUT2D eigenvalue weighted by Crippen LogP contribution is 2.39. The molecule has 1 N–H and O–H groups in total. The Hall–Kier alpha value is -4.85. The molecule has 0 amide bonds. The van der Waals surface area contributed by atoms with Gasteiger partial charge in [-0.15, -0.1) is 0 Å². The first kappa shape index (κ1) is 21.0. The SMILES string of the molecule is Cn1cc(-c2cc([N+](=O)[O-])ccc2Oc2ccccc2)c2ccn(-c3ccc(O)cc3)c2c1=O. The predicted octanol–water partition coefficient (Wildman–Crippen LogP) is 5.40. The van der Waals surface area contributed by atoms with E-state index in [2.05, 4.69) is 0 Å². The maximum Gasteiger partial charge on any atom is 0.275 e. The van der Waals surface area contributed by atoms with Crippen LogP contribution in [0.5, 0.6) is 17.2 Å². The zero-order valence-electron chi connectivity index (χ0n) is 18.1.